The van der Waals surface area contributed by atoms with Gasteiger partial charge >= 0.3 is 0 Å². The number of nitrogens with two attached hydrogens (primary N) is 1. The molecule has 90 valence electrons. The summed E-state index contributed by atoms with van der Waals surface area (Å²) in [4.78, 5) is 0. The fraction of sp³-hybridized carbons (Fsp3) is 0.400. The fourth-order valence-electron chi connectivity index (χ4n) is 1.38. The SMILES string of the molecule is CCNS(=O)(=O)Nc1c(C)ccc(N)c1C. The predicted molar refractivity (Wildman–Crippen MR) is 66.5 cm³/mol. The topological polar surface area (TPSA) is 84.2 Å². The molecule has 0 bridgehead atoms. The van der Waals surface area contributed by atoms with E-state index in [1.807, 2.05) is 6.92 Å². The summed E-state index contributed by atoms with van der Waals surface area (Å²) in [7, 11) is -3.50. The molecule has 0 spiro atoms. The van der Waals surface area contributed by atoms with Crippen LogP contribution in [0.5, 0.6) is 0 Å². The quantitative estimate of drug-likeness (QED) is 0.694. The highest BCUT2D eigenvalue weighted by molar-refractivity contribution is 7.90. The Labute approximate surface area is 96.2 Å². The largest absolute Gasteiger partial charge is 0.398 e. The number of benzene rings is 1. The van der Waals surface area contributed by atoms with E-state index in [9.17, 15) is 8.42 Å². The van der Waals surface area contributed by atoms with Gasteiger partial charge in [0.1, 0.15) is 0 Å². The van der Waals surface area contributed by atoms with Crippen molar-refractivity contribution in [3.63, 3.8) is 0 Å². The lowest BCUT2D eigenvalue weighted by atomic mass is 10.1. The molecule has 0 aliphatic carbocycles. The van der Waals surface area contributed by atoms with Crippen LogP contribution >= 0.6 is 0 Å². The van der Waals surface area contributed by atoms with E-state index >= 15 is 0 Å². The molecule has 0 radical (unpaired) electrons. The molecular formula is C10H17N3O2S. The van der Waals surface area contributed by atoms with Crippen molar-refractivity contribution < 1.29 is 8.42 Å². The first-order valence-electron chi connectivity index (χ1n) is 5.00. The first kappa shape index (κ1) is 12.8. The average Bonchev–Trinajstić information content (AvgIpc) is 2.19. The fourth-order valence-corrected chi connectivity index (χ4v) is 2.42. The maximum Gasteiger partial charge on any atom is 0.299 e. The second-order valence-corrected chi connectivity index (χ2v) is 5.07. The second-order valence-electron chi connectivity index (χ2n) is 3.58. The first-order valence-corrected chi connectivity index (χ1v) is 6.48. The molecule has 0 heterocycles. The van der Waals surface area contributed by atoms with Gasteiger partial charge in [-0.1, -0.05) is 13.0 Å². The highest BCUT2D eigenvalue weighted by Gasteiger charge is 2.12. The molecule has 5 nitrogen and oxygen atoms in total. The van der Waals surface area contributed by atoms with Gasteiger partial charge in [-0.25, -0.2) is 0 Å². The third-order valence-electron chi connectivity index (χ3n) is 2.29. The van der Waals surface area contributed by atoms with Crippen LogP contribution in [0.1, 0.15) is 18.1 Å². The number of rotatable bonds is 4. The van der Waals surface area contributed by atoms with Crippen LogP contribution in [0.3, 0.4) is 0 Å². The lowest BCUT2D eigenvalue weighted by molar-refractivity contribution is 0.589. The summed E-state index contributed by atoms with van der Waals surface area (Å²) in [6.45, 7) is 5.68. The monoisotopic (exact) mass is 243 g/mol. The van der Waals surface area contributed by atoms with Crippen molar-refractivity contribution in [3.05, 3.63) is 23.3 Å². The Bertz CT molecular complexity index is 483. The summed E-state index contributed by atoms with van der Waals surface area (Å²) >= 11 is 0. The Balaban J connectivity index is 3.11. The smallest absolute Gasteiger partial charge is 0.299 e. The van der Waals surface area contributed by atoms with Crippen molar-refractivity contribution in [1.82, 2.24) is 4.72 Å². The Morgan fingerprint density at radius 2 is 1.94 bits per heavy atom. The van der Waals surface area contributed by atoms with Gasteiger partial charge in [0.2, 0.25) is 0 Å². The van der Waals surface area contributed by atoms with Crippen molar-refractivity contribution in [3.8, 4) is 0 Å². The maximum atomic E-state index is 11.6. The molecule has 6 heteroatoms. The standard InChI is InChI=1S/C10H17N3O2S/c1-4-12-16(14,15)13-10-7(2)5-6-9(11)8(10)3/h5-6,12-13H,4,11H2,1-3H3. The molecule has 0 atom stereocenters. The molecule has 16 heavy (non-hydrogen) atoms. The molecule has 0 saturated carbocycles. The number of hydrogen-bond acceptors (Lipinski definition) is 3. The molecule has 1 aromatic rings. The van der Waals surface area contributed by atoms with Crippen LogP contribution in [0.2, 0.25) is 0 Å². The molecule has 0 fully saturated rings. The molecule has 0 amide bonds. The highest BCUT2D eigenvalue weighted by Crippen LogP contribution is 2.25. The average molecular weight is 243 g/mol. The molecule has 1 aromatic carbocycles. The molecule has 4 N–H and O–H groups in total. The van der Waals surface area contributed by atoms with Gasteiger partial charge in [0, 0.05) is 12.2 Å². The minimum atomic E-state index is -3.50. The van der Waals surface area contributed by atoms with Crippen LogP contribution in [-0.4, -0.2) is 15.0 Å². The lowest BCUT2D eigenvalue weighted by Crippen LogP contribution is -2.30. The van der Waals surface area contributed by atoms with Crippen molar-refractivity contribution in [2.24, 2.45) is 0 Å². The molecule has 0 aliphatic rings. The molecular weight excluding hydrogens is 226 g/mol. The Kier molecular flexibility index (Phi) is 3.77. The third-order valence-corrected chi connectivity index (χ3v) is 3.43. The van der Waals surface area contributed by atoms with E-state index in [-0.39, 0.29) is 0 Å². The van der Waals surface area contributed by atoms with Gasteiger partial charge < -0.3 is 5.73 Å². The number of nitrogen functional groups attached to an aromatic ring is 1. The van der Waals surface area contributed by atoms with E-state index in [1.165, 1.54) is 0 Å². The first-order chi connectivity index (χ1) is 7.37. The van der Waals surface area contributed by atoms with Crippen LogP contribution in [0.25, 0.3) is 0 Å². The Morgan fingerprint density at radius 3 is 2.50 bits per heavy atom. The van der Waals surface area contributed by atoms with E-state index in [2.05, 4.69) is 9.44 Å². The van der Waals surface area contributed by atoms with Crippen molar-refractivity contribution in [1.29, 1.82) is 0 Å². The minimum absolute atomic E-state index is 0.343. The molecule has 0 aromatic heterocycles. The summed E-state index contributed by atoms with van der Waals surface area (Å²) in [5.74, 6) is 0. The predicted octanol–water partition coefficient (Wildman–Crippen LogP) is 1.15. The number of aryl methyl sites for hydroxylation is 1. The van der Waals surface area contributed by atoms with Crippen LogP contribution in [0.4, 0.5) is 11.4 Å². The van der Waals surface area contributed by atoms with E-state index in [4.69, 9.17) is 5.73 Å². The maximum absolute atomic E-state index is 11.6. The zero-order valence-corrected chi connectivity index (χ0v) is 10.5. The molecule has 0 aliphatic heterocycles. The number of hydrogen-bond donors (Lipinski definition) is 3. The lowest BCUT2D eigenvalue weighted by Gasteiger charge is -2.14. The Morgan fingerprint density at radius 1 is 1.31 bits per heavy atom. The van der Waals surface area contributed by atoms with Crippen LogP contribution in [-0.2, 0) is 10.2 Å². The van der Waals surface area contributed by atoms with Crippen LogP contribution < -0.4 is 15.2 Å². The Hall–Kier alpha value is -1.27. The molecule has 0 saturated heterocycles. The summed E-state index contributed by atoms with van der Waals surface area (Å²) in [6.07, 6.45) is 0. The normalized spacial score (nSPS) is 11.4. The number of nitrogens with one attached hydrogen (secondary N) is 2. The molecule has 0 unspecified atom stereocenters. The summed E-state index contributed by atoms with van der Waals surface area (Å²) < 4.78 is 27.9. The summed E-state index contributed by atoms with van der Waals surface area (Å²) in [6, 6.07) is 3.54. The van der Waals surface area contributed by atoms with Gasteiger partial charge in [-0.05, 0) is 31.0 Å². The van der Waals surface area contributed by atoms with E-state index in [0.717, 1.165) is 11.1 Å². The van der Waals surface area contributed by atoms with E-state index in [1.54, 1.807) is 26.0 Å². The van der Waals surface area contributed by atoms with Crippen molar-refractivity contribution in [2.45, 2.75) is 20.8 Å². The number of anilines is 2. The van der Waals surface area contributed by atoms with E-state index in [0.29, 0.717) is 17.9 Å². The van der Waals surface area contributed by atoms with Gasteiger partial charge in [-0.3, -0.25) is 4.72 Å². The molecule has 1 rings (SSSR count). The van der Waals surface area contributed by atoms with Gasteiger partial charge in [0.15, 0.2) is 0 Å². The van der Waals surface area contributed by atoms with Gasteiger partial charge in [-0.2, -0.15) is 13.1 Å². The van der Waals surface area contributed by atoms with Gasteiger partial charge in [0.25, 0.3) is 10.2 Å². The van der Waals surface area contributed by atoms with Crippen molar-refractivity contribution >= 4 is 21.6 Å². The minimum Gasteiger partial charge on any atom is -0.398 e. The highest BCUT2D eigenvalue weighted by atomic mass is 32.2. The zero-order chi connectivity index (χ0) is 12.3. The zero-order valence-electron chi connectivity index (χ0n) is 9.66. The summed E-state index contributed by atoms with van der Waals surface area (Å²) in [5, 5.41) is 0. The summed E-state index contributed by atoms with van der Waals surface area (Å²) in [5.41, 5.74) is 8.42. The van der Waals surface area contributed by atoms with Crippen LogP contribution in [0, 0.1) is 13.8 Å². The van der Waals surface area contributed by atoms with Gasteiger partial charge in [0.05, 0.1) is 5.69 Å². The van der Waals surface area contributed by atoms with E-state index < -0.39 is 10.2 Å². The second kappa shape index (κ2) is 4.71. The van der Waals surface area contributed by atoms with Gasteiger partial charge in [-0.15, -0.1) is 0 Å². The van der Waals surface area contributed by atoms with Crippen molar-refractivity contribution in [2.75, 3.05) is 17.0 Å². The third kappa shape index (κ3) is 2.86. The van der Waals surface area contributed by atoms with Crippen LogP contribution in [0.15, 0.2) is 12.1 Å².